The number of carbonyl (C=O) groups is 1. The highest BCUT2D eigenvalue weighted by Gasteiger charge is 2.24. The molecule has 24 heavy (non-hydrogen) atoms. The van der Waals surface area contributed by atoms with E-state index < -0.39 is 0 Å². The van der Waals surface area contributed by atoms with E-state index in [2.05, 4.69) is 30.5 Å². The summed E-state index contributed by atoms with van der Waals surface area (Å²) in [5.74, 6) is 1.05. The molecule has 0 N–H and O–H groups in total. The summed E-state index contributed by atoms with van der Waals surface area (Å²) in [6, 6.07) is 12.6. The molecule has 2 heterocycles. The van der Waals surface area contributed by atoms with E-state index in [-0.39, 0.29) is 5.91 Å². The van der Waals surface area contributed by atoms with Crippen LogP contribution in [-0.4, -0.2) is 35.6 Å². The minimum Gasteiger partial charge on any atom is -0.497 e. The second-order valence-corrected chi connectivity index (χ2v) is 6.62. The first-order valence-electron chi connectivity index (χ1n) is 8.63. The van der Waals surface area contributed by atoms with Crippen LogP contribution < -0.4 is 4.74 Å². The van der Waals surface area contributed by atoms with E-state index in [1.165, 1.54) is 11.4 Å². The smallest absolute Gasteiger partial charge is 0.226 e. The third-order valence-electron chi connectivity index (χ3n) is 5.02. The summed E-state index contributed by atoms with van der Waals surface area (Å²) in [4.78, 5) is 14.5. The first-order chi connectivity index (χ1) is 11.6. The van der Waals surface area contributed by atoms with Crippen molar-refractivity contribution in [2.75, 3.05) is 20.2 Å². The Morgan fingerprint density at radius 1 is 1.04 bits per heavy atom. The van der Waals surface area contributed by atoms with Crippen molar-refractivity contribution in [2.45, 2.75) is 39.2 Å². The standard InChI is InChI=1S/C20H26N2O2/c1-15-4-5-16(2)22(15)18-10-12-21(13-11-18)20(23)14-17-6-8-19(24-3)9-7-17/h4-9,18H,10-14H2,1-3H3. The first-order valence-corrected chi connectivity index (χ1v) is 8.63. The number of likely N-dealkylation sites (tertiary alicyclic amines) is 1. The van der Waals surface area contributed by atoms with Crippen LogP contribution >= 0.6 is 0 Å². The van der Waals surface area contributed by atoms with Crippen molar-refractivity contribution in [3.8, 4) is 5.75 Å². The minimum absolute atomic E-state index is 0.222. The van der Waals surface area contributed by atoms with Crippen LogP contribution in [0.5, 0.6) is 5.75 Å². The monoisotopic (exact) mass is 326 g/mol. The van der Waals surface area contributed by atoms with Gasteiger partial charge in [-0.15, -0.1) is 0 Å². The Kier molecular flexibility index (Phi) is 4.93. The van der Waals surface area contributed by atoms with Crippen LogP contribution in [0.3, 0.4) is 0 Å². The molecule has 0 bridgehead atoms. The zero-order valence-electron chi connectivity index (χ0n) is 14.8. The fourth-order valence-corrected chi connectivity index (χ4v) is 3.66. The summed E-state index contributed by atoms with van der Waals surface area (Å²) in [7, 11) is 1.65. The van der Waals surface area contributed by atoms with Crippen molar-refractivity contribution < 1.29 is 9.53 Å². The molecule has 1 saturated heterocycles. The van der Waals surface area contributed by atoms with Crippen LogP contribution in [0.4, 0.5) is 0 Å². The molecule has 1 aromatic heterocycles. The van der Waals surface area contributed by atoms with Crippen LogP contribution in [-0.2, 0) is 11.2 Å². The average molecular weight is 326 g/mol. The highest BCUT2D eigenvalue weighted by Crippen LogP contribution is 2.26. The Bertz CT molecular complexity index is 675. The number of aromatic nitrogens is 1. The van der Waals surface area contributed by atoms with E-state index in [4.69, 9.17) is 4.74 Å². The topological polar surface area (TPSA) is 34.5 Å². The van der Waals surface area contributed by atoms with Crippen LogP contribution in [0, 0.1) is 13.8 Å². The van der Waals surface area contributed by atoms with Gasteiger partial charge in [0.25, 0.3) is 0 Å². The predicted molar refractivity (Wildman–Crippen MR) is 95.5 cm³/mol. The van der Waals surface area contributed by atoms with Crippen molar-refractivity contribution in [3.63, 3.8) is 0 Å². The zero-order chi connectivity index (χ0) is 17.1. The molecule has 0 aliphatic carbocycles. The van der Waals surface area contributed by atoms with Crippen LogP contribution in [0.1, 0.15) is 35.8 Å². The van der Waals surface area contributed by atoms with Gasteiger partial charge in [-0.05, 0) is 56.5 Å². The second kappa shape index (κ2) is 7.12. The van der Waals surface area contributed by atoms with Gasteiger partial charge in [0, 0.05) is 30.5 Å². The lowest BCUT2D eigenvalue weighted by atomic mass is 10.0. The average Bonchev–Trinajstić information content (AvgIpc) is 2.94. The maximum absolute atomic E-state index is 12.5. The molecule has 4 nitrogen and oxygen atoms in total. The van der Waals surface area contributed by atoms with E-state index in [1.807, 2.05) is 29.2 Å². The van der Waals surface area contributed by atoms with E-state index >= 15 is 0 Å². The molecule has 0 radical (unpaired) electrons. The lowest BCUT2D eigenvalue weighted by Gasteiger charge is -2.34. The number of nitrogens with zero attached hydrogens (tertiary/aromatic N) is 2. The van der Waals surface area contributed by atoms with Gasteiger partial charge < -0.3 is 14.2 Å². The molecule has 1 amide bonds. The van der Waals surface area contributed by atoms with E-state index in [0.29, 0.717) is 12.5 Å². The summed E-state index contributed by atoms with van der Waals surface area (Å²) in [5.41, 5.74) is 3.67. The normalized spacial score (nSPS) is 15.5. The lowest BCUT2D eigenvalue weighted by Crippen LogP contribution is -2.40. The number of methoxy groups -OCH3 is 1. The number of benzene rings is 1. The SMILES string of the molecule is COc1ccc(CC(=O)N2CCC(n3c(C)ccc3C)CC2)cc1. The molecule has 4 heteroatoms. The molecular weight excluding hydrogens is 300 g/mol. The Labute approximate surface area is 144 Å². The third kappa shape index (κ3) is 3.48. The highest BCUT2D eigenvalue weighted by molar-refractivity contribution is 5.78. The molecule has 2 aromatic rings. The quantitative estimate of drug-likeness (QED) is 0.861. The molecule has 128 valence electrons. The van der Waals surface area contributed by atoms with Gasteiger partial charge in [0.2, 0.25) is 5.91 Å². The summed E-state index contributed by atoms with van der Waals surface area (Å²) < 4.78 is 7.58. The highest BCUT2D eigenvalue weighted by atomic mass is 16.5. The Hall–Kier alpha value is -2.23. The molecule has 0 spiro atoms. The molecule has 1 fully saturated rings. The summed E-state index contributed by atoms with van der Waals surface area (Å²) >= 11 is 0. The van der Waals surface area contributed by atoms with Gasteiger partial charge in [-0.1, -0.05) is 12.1 Å². The molecule has 1 aliphatic rings. The maximum Gasteiger partial charge on any atom is 0.226 e. The maximum atomic E-state index is 12.5. The number of hydrogen-bond donors (Lipinski definition) is 0. The number of amides is 1. The number of carbonyl (C=O) groups excluding carboxylic acids is 1. The van der Waals surface area contributed by atoms with Gasteiger partial charge in [0.1, 0.15) is 5.75 Å². The number of piperidine rings is 1. The van der Waals surface area contributed by atoms with Crippen molar-refractivity contribution in [3.05, 3.63) is 53.3 Å². The largest absolute Gasteiger partial charge is 0.497 e. The zero-order valence-corrected chi connectivity index (χ0v) is 14.8. The van der Waals surface area contributed by atoms with E-state index in [9.17, 15) is 4.79 Å². The Morgan fingerprint density at radius 2 is 1.62 bits per heavy atom. The van der Waals surface area contributed by atoms with Crippen molar-refractivity contribution in [2.24, 2.45) is 0 Å². The van der Waals surface area contributed by atoms with Crippen molar-refractivity contribution >= 4 is 5.91 Å². The van der Waals surface area contributed by atoms with Gasteiger partial charge in [-0.25, -0.2) is 0 Å². The summed E-state index contributed by atoms with van der Waals surface area (Å²) in [6.07, 6.45) is 2.53. The van der Waals surface area contributed by atoms with Crippen molar-refractivity contribution in [1.29, 1.82) is 0 Å². The minimum atomic E-state index is 0.222. The molecule has 1 aliphatic heterocycles. The lowest BCUT2D eigenvalue weighted by molar-refractivity contribution is -0.131. The van der Waals surface area contributed by atoms with Gasteiger partial charge in [0.05, 0.1) is 13.5 Å². The van der Waals surface area contributed by atoms with E-state index in [0.717, 1.165) is 37.2 Å². The fourth-order valence-electron chi connectivity index (χ4n) is 3.66. The van der Waals surface area contributed by atoms with Gasteiger partial charge in [-0.2, -0.15) is 0 Å². The van der Waals surface area contributed by atoms with Gasteiger partial charge in [0.15, 0.2) is 0 Å². The van der Waals surface area contributed by atoms with E-state index in [1.54, 1.807) is 7.11 Å². The molecule has 0 atom stereocenters. The summed E-state index contributed by atoms with van der Waals surface area (Å²) in [5, 5.41) is 0. The number of rotatable bonds is 4. The number of hydrogen-bond acceptors (Lipinski definition) is 2. The van der Waals surface area contributed by atoms with Crippen LogP contribution in [0.15, 0.2) is 36.4 Å². The Morgan fingerprint density at radius 3 is 2.17 bits per heavy atom. The summed E-state index contributed by atoms with van der Waals surface area (Å²) in [6.45, 7) is 6.01. The molecule has 3 rings (SSSR count). The van der Waals surface area contributed by atoms with Crippen LogP contribution in [0.2, 0.25) is 0 Å². The molecular formula is C20H26N2O2. The van der Waals surface area contributed by atoms with Gasteiger partial charge >= 0.3 is 0 Å². The molecule has 1 aromatic carbocycles. The molecule has 0 unspecified atom stereocenters. The Balaban J connectivity index is 1.57. The number of aryl methyl sites for hydroxylation is 2. The van der Waals surface area contributed by atoms with Crippen LogP contribution in [0.25, 0.3) is 0 Å². The predicted octanol–water partition coefficient (Wildman–Crippen LogP) is 3.52. The first kappa shape index (κ1) is 16.6. The fraction of sp³-hybridized carbons (Fsp3) is 0.450. The second-order valence-electron chi connectivity index (χ2n) is 6.62. The van der Waals surface area contributed by atoms with Gasteiger partial charge in [-0.3, -0.25) is 4.79 Å². The molecule has 0 saturated carbocycles. The van der Waals surface area contributed by atoms with Crippen molar-refractivity contribution in [1.82, 2.24) is 9.47 Å². The third-order valence-corrected chi connectivity index (χ3v) is 5.02. The number of ether oxygens (including phenoxy) is 1.